The van der Waals surface area contributed by atoms with Gasteiger partial charge < -0.3 is 14.8 Å². The number of hydrogen-bond donors (Lipinski definition) is 2. The SMILES string of the molecule is C=C(C)C1=CCB(O)OC1CC/C(=C/c1ccccc1O)c1ccccc1. The Labute approximate surface area is 161 Å². The quantitative estimate of drug-likeness (QED) is 0.557. The molecule has 2 aromatic carbocycles. The van der Waals surface area contributed by atoms with Crippen molar-refractivity contribution in [3.8, 4) is 5.75 Å². The molecule has 138 valence electrons. The van der Waals surface area contributed by atoms with Gasteiger partial charge in [-0.1, -0.05) is 66.8 Å². The Morgan fingerprint density at radius 2 is 1.89 bits per heavy atom. The zero-order valence-corrected chi connectivity index (χ0v) is 15.6. The summed E-state index contributed by atoms with van der Waals surface area (Å²) in [4.78, 5) is 0. The maximum absolute atomic E-state index is 10.1. The summed E-state index contributed by atoms with van der Waals surface area (Å²) in [6.07, 6.45) is 5.84. The van der Waals surface area contributed by atoms with Gasteiger partial charge in [-0.25, -0.2) is 0 Å². The summed E-state index contributed by atoms with van der Waals surface area (Å²) in [5.41, 5.74) is 5.05. The van der Waals surface area contributed by atoms with E-state index in [0.717, 1.165) is 40.7 Å². The van der Waals surface area contributed by atoms with E-state index in [1.165, 1.54) is 0 Å². The third-order valence-corrected chi connectivity index (χ3v) is 4.79. The largest absolute Gasteiger partial charge is 0.507 e. The number of rotatable bonds is 6. The number of aromatic hydroxyl groups is 1. The van der Waals surface area contributed by atoms with E-state index >= 15 is 0 Å². The molecule has 0 aliphatic carbocycles. The third-order valence-electron chi connectivity index (χ3n) is 4.79. The second-order valence-corrected chi connectivity index (χ2v) is 6.89. The zero-order chi connectivity index (χ0) is 19.2. The minimum absolute atomic E-state index is 0.178. The van der Waals surface area contributed by atoms with E-state index in [1.807, 2.05) is 55.5 Å². The van der Waals surface area contributed by atoms with Gasteiger partial charge in [0.2, 0.25) is 0 Å². The number of phenols is 1. The summed E-state index contributed by atoms with van der Waals surface area (Å²) in [6, 6.07) is 17.5. The van der Waals surface area contributed by atoms with Crippen LogP contribution in [0.15, 0.2) is 78.4 Å². The molecule has 0 bridgehead atoms. The fraction of sp³-hybridized carbons (Fsp3) is 0.217. The molecule has 1 aliphatic heterocycles. The first-order chi connectivity index (χ1) is 13.0. The number of hydrogen-bond acceptors (Lipinski definition) is 3. The molecule has 27 heavy (non-hydrogen) atoms. The first kappa shape index (κ1) is 19.2. The standard InChI is InChI=1S/C23H25BO3/c1-17(2)21-14-15-24(26)27-23(21)13-12-19(18-8-4-3-5-9-18)16-20-10-6-7-11-22(20)25/h3-11,14,16,23,25-26H,1,12-13,15H2,2H3/b19-16-. The summed E-state index contributed by atoms with van der Waals surface area (Å²) < 4.78 is 5.77. The van der Waals surface area contributed by atoms with Crippen LogP contribution in [0.3, 0.4) is 0 Å². The Balaban J connectivity index is 1.86. The molecule has 0 fully saturated rings. The topological polar surface area (TPSA) is 49.7 Å². The first-order valence-electron chi connectivity index (χ1n) is 9.28. The molecule has 0 spiro atoms. The fourth-order valence-electron chi connectivity index (χ4n) is 3.39. The zero-order valence-electron chi connectivity index (χ0n) is 15.6. The van der Waals surface area contributed by atoms with Gasteiger partial charge in [-0.2, -0.15) is 0 Å². The van der Waals surface area contributed by atoms with Crippen LogP contribution in [0.5, 0.6) is 5.75 Å². The van der Waals surface area contributed by atoms with Crippen molar-refractivity contribution in [2.24, 2.45) is 0 Å². The van der Waals surface area contributed by atoms with Crippen molar-refractivity contribution in [3.63, 3.8) is 0 Å². The maximum atomic E-state index is 10.1. The average Bonchev–Trinajstić information content (AvgIpc) is 2.67. The molecule has 0 saturated heterocycles. The van der Waals surface area contributed by atoms with Crippen molar-refractivity contribution < 1.29 is 14.8 Å². The van der Waals surface area contributed by atoms with Crippen molar-refractivity contribution in [1.82, 2.24) is 0 Å². The lowest BCUT2D eigenvalue weighted by Crippen LogP contribution is -2.31. The molecule has 3 rings (SSSR count). The number of allylic oxidation sites excluding steroid dienone is 2. The predicted molar refractivity (Wildman–Crippen MR) is 112 cm³/mol. The van der Waals surface area contributed by atoms with E-state index in [0.29, 0.717) is 6.32 Å². The van der Waals surface area contributed by atoms with Crippen molar-refractivity contribution in [1.29, 1.82) is 0 Å². The molecule has 2 aromatic rings. The highest BCUT2D eigenvalue weighted by Crippen LogP contribution is 2.31. The van der Waals surface area contributed by atoms with E-state index in [-0.39, 0.29) is 11.9 Å². The van der Waals surface area contributed by atoms with E-state index in [1.54, 1.807) is 6.07 Å². The normalized spacial score (nSPS) is 17.6. The van der Waals surface area contributed by atoms with E-state index < -0.39 is 7.12 Å². The molecule has 0 radical (unpaired) electrons. The van der Waals surface area contributed by atoms with E-state index in [4.69, 9.17) is 4.65 Å². The highest BCUT2D eigenvalue weighted by Gasteiger charge is 2.27. The van der Waals surface area contributed by atoms with Crippen LogP contribution in [0, 0.1) is 0 Å². The van der Waals surface area contributed by atoms with Crippen molar-refractivity contribution in [2.45, 2.75) is 32.2 Å². The van der Waals surface area contributed by atoms with E-state index in [2.05, 4.69) is 18.7 Å². The van der Waals surface area contributed by atoms with Gasteiger partial charge in [0.05, 0.1) is 6.10 Å². The van der Waals surface area contributed by atoms with Gasteiger partial charge in [-0.05, 0) is 48.6 Å². The van der Waals surface area contributed by atoms with Gasteiger partial charge in [0.25, 0.3) is 0 Å². The van der Waals surface area contributed by atoms with Crippen LogP contribution in [0.2, 0.25) is 6.32 Å². The highest BCUT2D eigenvalue weighted by molar-refractivity contribution is 6.43. The third kappa shape index (κ3) is 5.00. The minimum Gasteiger partial charge on any atom is -0.507 e. The van der Waals surface area contributed by atoms with Crippen molar-refractivity contribution in [2.75, 3.05) is 0 Å². The number of phenolic OH excluding ortho intramolecular Hbond substituents is 1. The Morgan fingerprint density at radius 1 is 1.19 bits per heavy atom. The average molecular weight is 360 g/mol. The van der Waals surface area contributed by atoms with Gasteiger partial charge in [-0.3, -0.25) is 0 Å². The number of para-hydroxylation sites is 1. The van der Waals surface area contributed by atoms with Gasteiger partial charge in [0, 0.05) is 11.9 Å². The van der Waals surface area contributed by atoms with Gasteiger partial charge in [0.15, 0.2) is 0 Å². The lowest BCUT2D eigenvalue weighted by molar-refractivity contribution is 0.184. The van der Waals surface area contributed by atoms with Crippen LogP contribution in [-0.2, 0) is 4.65 Å². The molecule has 3 nitrogen and oxygen atoms in total. The monoisotopic (exact) mass is 360 g/mol. The molecule has 0 amide bonds. The summed E-state index contributed by atoms with van der Waals surface area (Å²) in [5.74, 6) is 0.262. The lowest BCUT2D eigenvalue weighted by atomic mass is 9.78. The molecule has 0 saturated carbocycles. The molecule has 1 unspecified atom stereocenters. The summed E-state index contributed by atoms with van der Waals surface area (Å²) >= 11 is 0. The Bertz CT molecular complexity index is 855. The Kier molecular flexibility index (Phi) is 6.33. The molecule has 1 heterocycles. The van der Waals surface area contributed by atoms with Crippen molar-refractivity contribution >= 4 is 18.8 Å². The Hall–Kier alpha value is -2.56. The molecule has 4 heteroatoms. The second kappa shape index (κ2) is 8.89. The molecule has 1 aliphatic rings. The molecule has 1 atom stereocenters. The minimum atomic E-state index is -0.763. The smallest absolute Gasteiger partial charge is 0.458 e. The van der Waals surface area contributed by atoms with Gasteiger partial charge >= 0.3 is 7.12 Å². The molecule has 0 aromatic heterocycles. The summed E-state index contributed by atoms with van der Waals surface area (Å²) in [7, 11) is -0.763. The summed E-state index contributed by atoms with van der Waals surface area (Å²) in [6.45, 7) is 6.01. The van der Waals surface area contributed by atoms with Gasteiger partial charge in [-0.15, -0.1) is 0 Å². The second-order valence-electron chi connectivity index (χ2n) is 6.89. The fourth-order valence-corrected chi connectivity index (χ4v) is 3.39. The maximum Gasteiger partial charge on any atom is 0.458 e. The predicted octanol–water partition coefficient (Wildman–Crippen LogP) is 5.09. The highest BCUT2D eigenvalue weighted by atomic mass is 16.5. The first-order valence-corrected chi connectivity index (χ1v) is 9.28. The lowest BCUT2D eigenvalue weighted by Gasteiger charge is -2.27. The Morgan fingerprint density at radius 3 is 2.59 bits per heavy atom. The van der Waals surface area contributed by atoms with Crippen LogP contribution in [0.25, 0.3) is 11.6 Å². The summed E-state index contributed by atoms with van der Waals surface area (Å²) in [5, 5.41) is 20.0. The van der Waals surface area contributed by atoms with Crippen LogP contribution >= 0.6 is 0 Å². The molecular weight excluding hydrogens is 335 g/mol. The molecular formula is C23H25BO3. The molecule has 2 N–H and O–H groups in total. The van der Waals surface area contributed by atoms with Crippen LogP contribution in [0.4, 0.5) is 0 Å². The van der Waals surface area contributed by atoms with Crippen molar-refractivity contribution in [3.05, 3.63) is 89.5 Å². The van der Waals surface area contributed by atoms with Gasteiger partial charge in [0.1, 0.15) is 5.75 Å². The van der Waals surface area contributed by atoms with Crippen LogP contribution in [-0.4, -0.2) is 23.4 Å². The van der Waals surface area contributed by atoms with Crippen LogP contribution < -0.4 is 0 Å². The van der Waals surface area contributed by atoms with Crippen LogP contribution in [0.1, 0.15) is 30.9 Å². The number of benzene rings is 2. The van der Waals surface area contributed by atoms with E-state index in [9.17, 15) is 10.1 Å².